The zero-order valence-electron chi connectivity index (χ0n) is 12.8. The number of ether oxygens (including phenoxy) is 2. The van der Waals surface area contributed by atoms with Crippen molar-refractivity contribution in [3.63, 3.8) is 0 Å². The zero-order chi connectivity index (χ0) is 15.8. The molecule has 0 atom stereocenters. The van der Waals surface area contributed by atoms with Crippen LogP contribution in [0.25, 0.3) is 0 Å². The van der Waals surface area contributed by atoms with E-state index in [0.29, 0.717) is 18.0 Å². The van der Waals surface area contributed by atoms with E-state index in [4.69, 9.17) is 9.47 Å². The second kappa shape index (κ2) is 8.26. The Balaban J connectivity index is 1.69. The monoisotopic (exact) mass is 306 g/mol. The quantitative estimate of drug-likeness (QED) is 0.594. The van der Waals surface area contributed by atoms with Crippen LogP contribution in [0.2, 0.25) is 0 Å². The number of nitrogens with one attached hydrogen (secondary N) is 2. The van der Waals surface area contributed by atoms with E-state index in [1.54, 1.807) is 12.1 Å². The van der Waals surface area contributed by atoms with E-state index in [9.17, 15) is 9.59 Å². The summed E-state index contributed by atoms with van der Waals surface area (Å²) in [6.45, 7) is 3.16. The third kappa shape index (κ3) is 4.65. The normalized spacial score (nSPS) is 12.0. The van der Waals surface area contributed by atoms with Crippen LogP contribution in [0.3, 0.4) is 0 Å². The second-order valence-corrected chi connectivity index (χ2v) is 5.19. The van der Waals surface area contributed by atoms with E-state index >= 15 is 0 Å². The van der Waals surface area contributed by atoms with Gasteiger partial charge in [0.05, 0.1) is 0 Å². The molecule has 1 aromatic rings. The van der Waals surface area contributed by atoms with E-state index in [0.717, 1.165) is 31.2 Å². The van der Waals surface area contributed by atoms with Crippen molar-refractivity contribution in [2.45, 2.75) is 39.2 Å². The first-order chi connectivity index (χ1) is 10.7. The fourth-order valence-electron chi connectivity index (χ4n) is 2.15. The maximum atomic E-state index is 11.7. The summed E-state index contributed by atoms with van der Waals surface area (Å²) in [5, 5.41) is 5.22. The predicted molar refractivity (Wildman–Crippen MR) is 81.6 cm³/mol. The Morgan fingerprint density at radius 3 is 2.64 bits per heavy atom. The van der Waals surface area contributed by atoms with Gasteiger partial charge in [-0.1, -0.05) is 32.3 Å². The van der Waals surface area contributed by atoms with Crippen LogP contribution >= 0.6 is 0 Å². The first-order valence-corrected chi connectivity index (χ1v) is 7.65. The number of unbranched alkanes of at least 4 members (excludes halogenated alkanes) is 3. The molecular formula is C16H22N2O4. The highest BCUT2D eigenvalue weighted by atomic mass is 16.7. The summed E-state index contributed by atoms with van der Waals surface area (Å²) < 4.78 is 10.5. The molecule has 6 nitrogen and oxygen atoms in total. The van der Waals surface area contributed by atoms with Crippen molar-refractivity contribution in [3.05, 3.63) is 23.8 Å². The van der Waals surface area contributed by atoms with Crippen LogP contribution in [0.1, 0.15) is 38.2 Å². The van der Waals surface area contributed by atoms with Crippen molar-refractivity contribution in [1.29, 1.82) is 0 Å². The van der Waals surface area contributed by atoms with E-state index in [1.165, 1.54) is 0 Å². The van der Waals surface area contributed by atoms with Crippen molar-refractivity contribution in [1.82, 2.24) is 10.6 Å². The number of rotatable bonds is 7. The Hall–Kier alpha value is -2.24. The molecule has 0 aliphatic carbocycles. The van der Waals surface area contributed by atoms with Gasteiger partial charge in [-0.15, -0.1) is 0 Å². The molecule has 0 unspecified atom stereocenters. The predicted octanol–water partition coefficient (Wildman–Crippen LogP) is 1.73. The summed E-state index contributed by atoms with van der Waals surface area (Å²) in [5.74, 6) is 0.150. The zero-order valence-corrected chi connectivity index (χ0v) is 12.8. The highest BCUT2D eigenvalue weighted by Crippen LogP contribution is 2.32. The van der Waals surface area contributed by atoms with Crippen LogP contribution in [0.5, 0.6) is 11.5 Å². The molecule has 0 saturated carbocycles. The third-order valence-electron chi connectivity index (χ3n) is 3.41. The highest BCUT2D eigenvalue weighted by Gasteiger charge is 2.15. The molecule has 1 aliphatic rings. The second-order valence-electron chi connectivity index (χ2n) is 5.19. The molecule has 120 valence electrons. The molecule has 0 radical (unpaired) electrons. The lowest BCUT2D eigenvalue weighted by molar-refractivity contribution is -0.139. The summed E-state index contributed by atoms with van der Waals surface area (Å²) in [6, 6.07) is 5.42. The Labute approximate surface area is 130 Å². The van der Waals surface area contributed by atoms with Gasteiger partial charge in [-0.2, -0.15) is 0 Å². The maximum absolute atomic E-state index is 11.7. The van der Waals surface area contributed by atoms with Crippen LogP contribution in [0, 0.1) is 0 Å². The summed E-state index contributed by atoms with van der Waals surface area (Å²) in [5.41, 5.74) is 0.855. The van der Waals surface area contributed by atoms with Crippen molar-refractivity contribution >= 4 is 11.8 Å². The SMILES string of the molecule is CCCCCCNC(=O)C(=O)NCc1ccc2c(c1)OCO2. The molecule has 0 fully saturated rings. The largest absolute Gasteiger partial charge is 0.454 e. The Morgan fingerprint density at radius 2 is 1.82 bits per heavy atom. The van der Waals surface area contributed by atoms with E-state index in [2.05, 4.69) is 17.6 Å². The van der Waals surface area contributed by atoms with Crippen LogP contribution in [-0.4, -0.2) is 25.2 Å². The van der Waals surface area contributed by atoms with E-state index in [1.807, 2.05) is 6.07 Å². The molecule has 6 heteroatoms. The van der Waals surface area contributed by atoms with Crippen molar-refractivity contribution in [2.75, 3.05) is 13.3 Å². The first-order valence-electron chi connectivity index (χ1n) is 7.65. The van der Waals surface area contributed by atoms with Gasteiger partial charge in [0.2, 0.25) is 6.79 Å². The Morgan fingerprint density at radius 1 is 1.05 bits per heavy atom. The number of hydrogen-bond donors (Lipinski definition) is 2. The number of carbonyl (C=O) groups excluding carboxylic acids is 2. The molecule has 22 heavy (non-hydrogen) atoms. The molecule has 1 aliphatic heterocycles. The number of fused-ring (bicyclic) bond motifs is 1. The lowest BCUT2D eigenvalue weighted by Gasteiger charge is -2.07. The fourth-order valence-corrected chi connectivity index (χ4v) is 2.15. The van der Waals surface area contributed by atoms with Gasteiger partial charge >= 0.3 is 11.8 Å². The molecule has 1 heterocycles. The minimum Gasteiger partial charge on any atom is -0.454 e. The fraction of sp³-hybridized carbons (Fsp3) is 0.500. The molecule has 0 bridgehead atoms. The molecule has 0 aromatic heterocycles. The first kappa shape index (κ1) is 16.1. The highest BCUT2D eigenvalue weighted by molar-refractivity contribution is 6.35. The third-order valence-corrected chi connectivity index (χ3v) is 3.41. The van der Waals surface area contributed by atoms with Gasteiger partial charge in [0, 0.05) is 13.1 Å². The Bertz CT molecular complexity index is 531. The van der Waals surface area contributed by atoms with Crippen LogP contribution < -0.4 is 20.1 Å². The van der Waals surface area contributed by atoms with Crippen molar-refractivity contribution in [2.24, 2.45) is 0 Å². The summed E-state index contributed by atoms with van der Waals surface area (Å²) in [7, 11) is 0. The molecule has 2 N–H and O–H groups in total. The van der Waals surface area contributed by atoms with Crippen LogP contribution in [0.15, 0.2) is 18.2 Å². The van der Waals surface area contributed by atoms with Crippen molar-refractivity contribution in [3.8, 4) is 11.5 Å². The molecule has 2 amide bonds. The Kier molecular flexibility index (Phi) is 6.06. The lowest BCUT2D eigenvalue weighted by Crippen LogP contribution is -2.39. The smallest absolute Gasteiger partial charge is 0.309 e. The summed E-state index contributed by atoms with van der Waals surface area (Å²) in [4.78, 5) is 23.3. The number of amides is 2. The van der Waals surface area contributed by atoms with E-state index < -0.39 is 11.8 Å². The average molecular weight is 306 g/mol. The van der Waals surface area contributed by atoms with Gasteiger partial charge in [-0.05, 0) is 24.1 Å². The lowest BCUT2D eigenvalue weighted by atomic mass is 10.2. The van der Waals surface area contributed by atoms with Gasteiger partial charge in [0.15, 0.2) is 11.5 Å². The van der Waals surface area contributed by atoms with Crippen LogP contribution in [0.4, 0.5) is 0 Å². The number of carbonyl (C=O) groups is 2. The molecular weight excluding hydrogens is 284 g/mol. The average Bonchev–Trinajstić information content (AvgIpc) is 2.99. The summed E-state index contributed by atoms with van der Waals surface area (Å²) >= 11 is 0. The van der Waals surface area contributed by atoms with Gasteiger partial charge in [0.1, 0.15) is 0 Å². The van der Waals surface area contributed by atoms with Crippen LogP contribution in [-0.2, 0) is 16.1 Å². The number of hydrogen-bond acceptors (Lipinski definition) is 4. The van der Waals surface area contributed by atoms with Gasteiger partial charge in [-0.3, -0.25) is 9.59 Å². The molecule has 2 rings (SSSR count). The number of benzene rings is 1. The topological polar surface area (TPSA) is 76.7 Å². The standard InChI is InChI=1S/C16H22N2O4/c1-2-3-4-5-8-17-15(19)16(20)18-10-12-6-7-13-14(9-12)22-11-21-13/h6-7,9H,2-5,8,10-11H2,1H3,(H,17,19)(H,18,20). The summed E-state index contributed by atoms with van der Waals surface area (Å²) in [6.07, 6.45) is 4.25. The van der Waals surface area contributed by atoms with Gasteiger partial charge in [-0.25, -0.2) is 0 Å². The van der Waals surface area contributed by atoms with Gasteiger partial charge < -0.3 is 20.1 Å². The molecule has 0 saturated heterocycles. The molecule has 1 aromatic carbocycles. The maximum Gasteiger partial charge on any atom is 0.309 e. The minimum absolute atomic E-state index is 0.214. The van der Waals surface area contributed by atoms with Crippen molar-refractivity contribution < 1.29 is 19.1 Å². The van der Waals surface area contributed by atoms with E-state index in [-0.39, 0.29) is 13.3 Å². The van der Waals surface area contributed by atoms with Gasteiger partial charge in [0.25, 0.3) is 0 Å². The molecule has 0 spiro atoms. The minimum atomic E-state index is -0.617.